The molecular weight excluding hydrogens is 533 g/mol. The molecule has 1 rings (SSSR count). The van der Waals surface area contributed by atoms with Crippen LogP contribution in [0.5, 0.6) is 0 Å². The lowest BCUT2D eigenvalue weighted by atomic mass is 10.2. The van der Waals surface area contributed by atoms with E-state index in [4.69, 9.17) is 0 Å². The molecule has 1 aromatic rings. The molecule has 0 aliphatic heterocycles. The third-order valence-electron chi connectivity index (χ3n) is 9.05. The first-order valence-electron chi connectivity index (χ1n) is 14.1. The Labute approximate surface area is 233 Å². The van der Waals surface area contributed by atoms with Gasteiger partial charge in [-0.15, -0.1) is 0 Å². The molecule has 0 radical (unpaired) electrons. The van der Waals surface area contributed by atoms with Gasteiger partial charge in [-0.1, -0.05) is 136 Å². The number of rotatable bonds is 7. The third-order valence-corrected chi connectivity index (χ3v) is 138. The van der Waals surface area contributed by atoms with Gasteiger partial charge in [-0.2, -0.15) is 0 Å². The Morgan fingerprint density at radius 3 is 1.06 bits per heavy atom. The van der Waals surface area contributed by atoms with Gasteiger partial charge in [-0.3, -0.25) is 0 Å². The van der Waals surface area contributed by atoms with Gasteiger partial charge >= 0.3 is 0 Å². The van der Waals surface area contributed by atoms with Crippen molar-refractivity contribution in [3.63, 3.8) is 0 Å². The summed E-state index contributed by atoms with van der Waals surface area (Å²) >= 11 is 0. The van der Waals surface area contributed by atoms with E-state index in [2.05, 4.69) is 169 Å². The molecule has 0 aliphatic rings. The van der Waals surface area contributed by atoms with E-state index in [1.165, 1.54) is 5.69 Å². The Hall–Kier alpha value is 0.251. The number of hydrogen-bond acceptors (Lipinski definition) is 1. The fourth-order valence-electron chi connectivity index (χ4n) is 10.4. The van der Waals surface area contributed by atoms with Crippen molar-refractivity contribution in [3.05, 3.63) is 24.5 Å². The van der Waals surface area contributed by atoms with E-state index in [1.807, 2.05) is 0 Å². The number of anilines is 1. The summed E-state index contributed by atoms with van der Waals surface area (Å²) in [6.07, 6.45) is 3.38. The average molecular weight is 597 g/mol. The molecule has 0 spiro atoms. The first-order chi connectivity index (χ1) is 15.5. The van der Waals surface area contributed by atoms with E-state index in [-0.39, 0.29) is 0 Å². The predicted molar refractivity (Wildman–Crippen MR) is 183 cm³/mol. The quantitative estimate of drug-likeness (QED) is 0.286. The largest absolute Gasteiger partial charge is 0.407 e. The molecule has 1 heterocycles. The molecule has 1 aromatic heterocycles. The fraction of sp³-hybridized carbons (Fsp3) is 0.821. The summed E-state index contributed by atoms with van der Waals surface area (Å²) in [5, 5.41) is 0.923. The minimum Gasteiger partial charge on any atom is -0.407 e. The Morgan fingerprint density at radius 2 is 0.861 bits per heavy atom. The molecule has 0 saturated carbocycles. The van der Waals surface area contributed by atoms with Gasteiger partial charge in [0.25, 0.3) is 0 Å². The van der Waals surface area contributed by atoms with Crippen LogP contribution in [0.15, 0.2) is 24.5 Å². The topological polar surface area (TPSA) is 7.12 Å². The van der Waals surface area contributed by atoms with Crippen molar-refractivity contribution in [1.29, 1.82) is 0 Å². The molecule has 0 N–H and O–H groups in total. The van der Waals surface area contributed by atoms with Crippen LogP contribution >= 0.6 is 0 Å². The van der Waals surface area contributed by atoms with Crippen LogP contribution in [-0.4, -0.2) is 58.6 Å². The summed E-state index contributed by atoms with van der Waals surface area (Å²) in [5.41, 5.74) is 1.32. The van der Waals surface area contributed by atoms with Gasteiger partial charge < -0.3 is 9.13 Å². The third kappa shape index (κ3) is 5.34. The summed E-state index contributed by atoms with van der Waals surface area (Å²) in [6.45, 7) is 49.3. The van der Waals surface area contributed by atoms with Crippen molar-refractivity contribution in [3.8, 4) is 0 Å². The van der Waals surface area contributed by atoms with Crippen LogP contribution in [0.25, 0.3) is 0 Å². The maximum atomic E-state index is 2.96. The Bertz CT molecular complexity index is 761. The lowest BCUT2D eigenvalue weighted by Gasteiger charge is -2.76. The molecule has 0 unspecified atom stereocenters. The second-order valence-corrected chi connectivity index (χ2v) is 78.0. The highest BCUT2D eigenvalue weighted by atomic mass is 30.2. The van der Waals surface area contributed by atoms with Crippen LogP contribution < -0.4 is 9.13 Å². The number of pyridine rings is 1. The van der Waals surface area contributed by atoms with Crippen molar-refractivity contribution < 1.29 is 4.23 Å². The van der Waals surface area contributed by atoms with E-state index in [9.17, 15) is 0 Å². The van der Waals surface area contributed by atoms with Crippen LogP contribution in [0.1, 0.15) is 62.3 Å². The minimum absolute atomic E-state index is 0.308. The van der Waals surface area contributed by atoms with Crippen LogP contribution in [-0.2, 0) is 0 Å². The van der Waals surface area contributed by atoms with Gasteiger partial charge in [0.05, 0.1) is 0 Å². The van der Waals surface area contributed by atoms with Crippen LogP contribution in [0.3, 0.4) is 0 Å². The molecule has 0 saturated heterocycles. The van der Waals surface area contributed by atoms with Crippen molar-refractivity contribution in [2.45, 2.75) is 136 Å². The summed E-state index contributed by atoms with van der Waals surface area (Å²) in [4.78, 5) is 2.26. The predicted octanol–water partition coefficient (Wildman–Crippen LogP) is 8.58. The Kier molecular flexibility index (Phi) is 9.54. The van der Waals surface area contributed by atoms with Crippen molar-refractivity contribution in [1.82, 2.24) is 0 Å². The smallest absolute Gasteiger partial charge is 0.124 e. The molecule has 0 atom stereocenters. The second-order valence-electron chi connectivity index (χ2n) is 17.7. The van der Waals surface area contributed by atoms with Crippen LogP contribution in [0.4, 0.5) is 5.69 Å². The lowest BCUT2D eigenvalue weighted by Crippen LogP contribution is -3.01. The average Bonchev–Trinajstić information content (AvgIpc) is 2.54. The van der Waals surface area contributed by atoms with Crippen LogP contribution in [0.2, 0.25) is 74.0 Å². The SMILES string of the molecule is CN(C)c1cc[n+]([Si-]([Si](C(C)(C)C)(C(C)(C)C)C(C)(C)C)[Si]([Si](C)(C)C)([Si](C)(C)C)[Si](C)(C)C)cc1. The summed E-state index contributed by atoms with van der Waals surface area (Å²) in [5.74, 6) is 0. The van der Waals surface area contributed by atoms with Crippen molar-refractivity contribution >= 4 is 50.2 Å². The van der Waals surface area contributed by atoms with Gasteiger partial charge in [0.15, 0.2) is 0 Å². The van der Waals surface area contributed by atoms with Gasteiger partial charge in [0, 0.05) is 70.3 Å². The minimum atomic E-state index is -2.06. The Balaban J connectivity index is 4.73. The fourth-order valence-corrected chi connectivity index (χ4v) is 212. The molecule has 0 aromatic carbocycles. The highest BCUT2D eigenvalue weighted by Gasteiger charge is 2.72. The zero-order valence-electron chi connectivity index (χ0n) is 28.2. The Morgan fingerprint density at radius 1 is 0.583 bits per heavy atom. The maximum absolute atomic E-state index is 2.96. The molecule has 2 nitrogen and oxygen atoms in total. The monoisotopic (exact) mass is 596 g/mol. The number of aromatic nitrogens is 1. The van der Waals surface area contributed by atoms with Crippen molar-refractivity contribution in [2.75, 3.05) is 19.0 Å². The highest BCUT2D eigenvalue weighted by Crippen LogP contribution is 2.64. The first kappa shape index (κ1) is 34.3. The second kappa shape index (κ2) is 10.0. The molecule has 0 amide bonds. The highest BCUT2D eigenvalue weighted by molar-refractivity contribution is 8.08. The molecule has 8 heteroatoms. The standard InChI is InChI=1S/C28H64N2Si6/c1-26(2,3)35(27(4,5)6,28(7,8)9)31(30-23-21-25(22-24-30)29(10)11)36(32(12,13)14,33(15,16)17)34(18,19)20/h21-24H,1-20H3. The molecule has 0 bridgehead atoms. The van der Waals surface area contributed by atoms with Crippen LogP contribution in [0, 0.1) is 0 Å². The molecular formula is C28H64N2Si6. The summed E-state index contributed by atoms with van der Waals surface area (Å²) < 4.78 is 2.96. The molecule has 36 heavy (non-hydrogen) atoms. The van der Waals surface area contributed by atoms with E-state index >= 15 is 0 Å². The van der Waals surface area contributed by atoms with Crippen molar-refractivity contribution in [2.24, 2.45) is 0 Å². The van der Waals surface area contributed by atoms with E-state index in [0.717, 1.165) is 0 Å². The number of hydrogen-bond donors (Lipinski definition) is 0. The summed E-state index contributed by atoms with van der Waals surface area (Å²) in [6, 6.07) is 4.85. The zero-order chi connectivity index (χ0) is 29.1. The van der Waals surface area contributed by atoms with E-state index in [0.29, 0.717) is 15.1 Å². The lowest BCUT2D eigenvalue weighted by molar-refractivity contribution is -0.530. The van der Waals surface area contributed by atoms with Gasteiger partial charge in [0.2, 0.25) is 0 Å². The number of nitrogens with zero attached hydrogens (tertiary/aromatic N) is 2. The summed E-state index contributed by atoms with van der Waals surface area (Å²) in [7, 11) is -3.23. The maximum Gasteiger partial charge on any atom is 0.124 e. The normalized spacial score (nSPS) is 15.2. The zero-order valence-corrected chi connectivity index (χ0v) is 34.2. The molecule has 210 valence electrons. The van der Waals surface area contributed by atoms with E-state index in [1.54, 1.807) is 0 Å². The van der Waals surface area contributed by atoms with Gasteiger partial charge in [-0.25, -0.2) is 0 Å². The molecule has 0 aliphatic carbocycles. The molecule has 0 fully saturated rings. The van der Waals surface area contributed by atoms with Gasteiger partial charge in [0.1, 0.15) is 12.4 Å². The van der Waals surface area contributed by atoms with Gasteiger partial charge in [-0.05, 0) is 6.14 Å². The first-order valence-corrected chi connectivity index (χ1v) is 35.0. The van der Waals surface area contributed by atoms with E-state index < -0.39 is 44.5 Å².